The highest BCUT2D eigenvalue weighted by atomic mass is 16.2. The molecule has 2 aliphatic heterocycles. The van der Waals surface area contributed by atoms with Gasteiger partial charge in [0.2, 0.25) is 11.8 Å². The summed E-state index contributed by atoms with van der Waals surface area (Å²) in [5.41, 5.74) is 0.523. The fraction of sp³-hybridized carbons (Fsp3) is 0.500. The van der Waals surface area contributed by atoms with Gasteiger partial charge >= 0.3 is 0 Å². The van der Waals surface area contributed by atoms with Crippen molar-refractivity contribution in [2.75, 3.05) is 33.2 Å². The summed E-state index contributed by atoms with van der Waals surface area (Å²) >= 11 is 0. The molecule has 2 saturated heterocycles. The zero-order chi connectivity index (χ0) is 19.7. The number of carbonyl (C=O) groups is 2. The van der Waals surface area contributed by atoms with E-state index < -0.39 is 6.04 Å². The lowest BCUT2D eigenvalue weighted by molar-refractivity contribution is -0.139. The van der Waals surface area contributed by atoms with E-state index in [-0.39, 0.29) is 29.7 Å². The summed E-state index contributed by atoms with van der Waals surface area (Å²) in [6.45, 7) is 2.55. The molecule has 1 aromatic heterocycles. The van der Waals surface area contributed by atoms with Gasteiger partial charge in [-0.25, -0.2) is 4.98 Å². The van der Waals surface area contributed by atoms with E-state index in [1.165, 1.54) is 0 Å². The Bertz CT molecular complexity index is 956. The minimum Gasteiger partial charge on any atom is -0.353 e. The van der Waals surface area contributed by atoms with Gasteiger partial charge in [-0.2, -0.15) is 0 Å². The first-order valence-electron chi connectivity index (χ1n) is 9.77. The Morgan fingerprint density at radius 3 is 2.89 bits per heavy atom. The van der Waals surface area contributed by atoms with Crippen LogP contribution in [0.5, 0.6) is 0 Å². The van der Waals surface area contributed by atoms with E-state index in [2.05, 4.69) is 15.3 Å². The number of rotatable bonds is 3. The second kappa shape index (κ2) is 7.71. The molecule has 4 rings (SSSR count). The van der Waals surface area contributed by atoms with E-state index in [4.69, 9.17) is 0 Å². The molecule has 2 aromatic rings. The predicted molar refractivity (Wildman–Crippen MR) is 105 cm³/mol. The molecule has 0 radical (unpaired) electrons. The summed E-state index contributed by atoms with van der Waals surface area (Å²) in [7, 11) is 1.87. The number of aromatic nitrogens is 2. The number of piperazine rings is 1. The molecule has 2 unspecified atom stereocenters. The van der Waals surface area contributed by atoms with Gasteiger partial charge in [-0.15, -0.1) is 0 Å². The first kappa shape index (κ1) is 18.6. The third-order valence-electron chi connectivity index (χ3n) is 5.76. The van der Waals surface area contributed by atoms with Gasteiger partial charge in [-0.05, 0) is 32.0 Å². The van der Waals surface area contributed by atoms with Gasteiger partial charge in [-0.3, -0.25) is 19.3 Å². The topological polar surface area (TPSA) is 98.4 Å². The maximum absolute atomic E-state index is 12.8. The van der Waals surface area contributed by atoms with Crippen molar-refractivity contribution in [1.82, 2.24) is 25.1 Å². The van der Waals surface area contributed by atoms with E-state index in [1.54, 1.807) is 11.0 Å². The second-order valence-electron chi connectivity index (χ2n) is 7.64. The van der Waals surface area contributed by atoms with Crippen molar-refractivity contribution in [3.8, 4) is 0 Å². The van der Waals surface area contributed by atoms with Crippen molar-refractivity contribution in [3.05, 3.63) is 40.4 Å². The molecule has 0 spiro atoms. The Kier molecular flexibility index (Phi) is 5.13. The summed E-state index contributed by atoms with van der Waals surface area (Å²) in [6, 6.07) is 6.85. The van der Waals surface area contributed by atoms with E-state index in [1.807, 2.05) is 30.1 Å². The molecule has 0 bridgehead atoms. The van der Waals surface area contributed by atoms with Crippen LogP contribution in [0.3, 0.4) is 0 Å². The Hall–Kier alpha value is -2.74. The Morgan fingerprint density at radius 1 is 1.25 bits per heavy atom. The quantitative estimate of drug-likeness (QED) is 0.802. The first-order valence-corrected chi connectivity index (χ1v) is 9.77. The van der Waals surface area contributed by atoms with Crippen LogP contribution in [-0.2, 0) is 9.59 Å². The number of nitrogens with zero attached hydrogens (tertiary/aromatic N) is 3. The average Bonchev–Trinajstić information content (AvgIpc) is 2.71. The number of hydrogen-bond donors (Lipinski definition) is 2. The number of H-pyrrole nitrogens is 1. The van der Waals surface area contributed by atoms with Crippen molar-refractivity contribution in [3.63, 3.8) is 0 Å². The molecule has 2 aliphatic rings. The van der Waals surface area contributed by atoms with Crippen LogP contribution in [0.15, 0.2) is 29.1 Å². The highest BCUT2D eigenvalue weighted by molar-refractivity contribution is 5.89. The zero-order valence-electron chi connectivity index (χ0n) is 16.0. The number of likely N-dealkylation sites (tertiary alicyclic amines) is 1. The van der Waals surface area contributed by atoms with Crippen molar-refractivity contribution in [2.24, 2.45) is 0 Å². The maximum Gasteiger partial charge on any atom is 0.258 e. The molecule has 0 saturated carbocycles. The Labute approximate surface area is 162 Å². The molecule has 8 nitrogen and oxygen atoms in total. The molecule has 0 aliphatic carbocycles. The van der Waals surface area contributed by atoms with Gasteiger partial charge in [0.05, 0.1) is 23.4 Å². The van der Waals surface area contributed by atoms with Crippen molar-refractivity contribution < 1.29 is 9.59 Å². The van der Waals surface area contributed by atoms with Gasteiger partial charge in [0.1, 0.15) is 5.82 Å². The van der Waals surface area contributed by atoms with E-state index in [0.29, 0.717) is 36.4 Å². The molecule has 3 heterocycles. The van der Waals surface area contributed by atoms with Crippen LogP contribution in [0.2, 0.25) is 0 Å². The fourth-order valence-electron chi connectivity index (χ4n) is 4.10. The minimum absolute atomic E-state index is 0.00656. The van der Waals surface area contributed by atoms with E-state index >= 15 is 0 Å². The van der Waals surface area contributed by atoms with E-state index in [0.717, 1.165) is 19.4 Å². The zero-order valence-corrected chi connectivity index (χ0v) is 16.0. The summed E-state index contributed by atoms with van der Waals surface area (Å²) in [5, 5.41) is 3.40. The van der Waals surface area contributed by atoms with Crippen LogP contribution in [0.1, 0.15) is 31.0 Å². The SMILES string of the molecule is CN1CCNC(=O)C1CC(=O)N1CCCC(c2nc3ccccc3c(=O)[nH]2)C1. The monoisotopic (exact) mass is 383 g/mol. The number of carbonyl (C=O) groups excluding carboxylic acids is 2. The molecular formula is C20H25N5O3. The lowest BCUT2D eigenvalue weighted by Gasteiger charge is -2.36. The molecule has 2 amide bonds. The number of para-hydroxylation sites is 1. The van der Waals surface area contributed by atoms with Gasteiger partial charge in [-0.1, -0.05) is 12.1 Å². The van der Waals surface area contributed by atoms with Crippen molar-refractivity contribution in [1.29, 1.82) is 0 Å². The molecule has 2 atom stereocenters. The largest absolute Gasteiger partial charge is 0.353 e. The fourth-order valence-corrected chi connectivity index (χ4v) is 4.10. The van der Waals surface area contributed by atoms with Crippen molar-refractivity contribution >= 4 is 22.7 Å². The second-order valence-corrected chi connectivity index (χ2v) is 7.64. The maximum atomic E-state index is 12.8. The summed E-state index contributed by atoms with van der Waals surface area (Å²) in [4.78, 5) is 48.6. The highest BCUT2D eigenvalue weighted by Gasteiger charge is 2.33. The third kappa shape index (κ3) is 3.64. The first-order chi connectivity index (χ1) is 13.5. The number of likely N-dealkylation sites (N-methyl/N-ethyl adjacent to an activating group) is 1. The van der Waals surface area contributed by atoms with Gasteiger partial charge in [0, 0.05) is 32.1 Å². The van der Waals surface area contributed by atoms with Crippen LogP contribution in [0, 0.1) is 0 Å². The number of amides is 2. The van der Waals surface area contributed by atoms with Crippen molar-refractivity contribution in [2.45, 2.75) is 31.2 Å². The highest BCUT2D eigenvalue weighted by Crippen LogP contribution is 2.25. The summed E-state index contributed by atoms with van der Waals surface area (Å²) < 4.78 is 0. The minimum atomic E-state index is -0.416. The molecule has 2 N–H and O–H groups in total. The standard InChI is InChI=1S/C20H25N5O3/c1-24-10-8-21-20(28)16(24)11-17(26)25-9-4-5-13(12-25)18-22-15-7-3-2-6-14(15)19(27)23-18/h2-3,6-7,13,16H,4-5,8-12H2,1H3,(H,21,28)(H,22,23,27). The normalized spacial score (nSPS) is 23.6. The molecule has 1 aromatic carbocycles. The Balaban J connectivity index is 1.49. The number of nitrogens with one attached hydrogen (secondary N) is 2. The number of piperidine rings is 1. The number of fused-ring (bicyclic) bond motifs is 1. The third-order valence-corrected chi connectivity index (χ3v) is 5.76. The van der Waals surface area contributed by atoms with Crippen LogP contribution in [0.4, 0.5) is 0 Å². The number of aromatic amines is 1. The molecule has 2 fully saturated rings. The average molecular weight is 383 g/mol. The lowest BCUT2D eigenvalue weighted by Crippen LogP contribution is -2.55. The summed E-state index contributed by atoms with van der Waals surface area (Å²) in [6.07, 6.45) is 1.89. The van der Waals surface area contributed by atoms with Gasteiger partial charge in [0.25, 0.3) is 5.56 Å². The molecular weight excluding hydrogens is 358 g/mol. The number of benzene rings is 1. The van der Waals surface area contributed by atoms with Crippen LogP contribution in [0.25, 0.3) is 10.9 Å². The van der Waals surface area contributed by atoms with Crippen LogP contribution >= 0.6 is 0 Å². The molecule has 8 heteroatoms. The van der Waals surface area contributed by atoms with Crippen LogP contribution < -0.4 is 10.9 Å². The Morgan fingerprint density at radius 2 is 2.07 bits per heavy atom. The predicted octanol–water partition coefficient (Wildman–Crippen LogP) is 0.449. The smallest absolute Gasteiger partial charge is 0.258 e. The molecule has 28 heavy (non-hydrogen) atoms. The molecule has 148 valence electrons. The van der Waals surface area contributed by atoms with Gasteiger partial charge in [0.15, 0.2) is 0 Å². The van der Waals surface area contributed by atoms with E-state index in [9.17, 15) is 14.4 Å². The summed E-state index contributed by atoms with van der Waals surface area (Å²) in [5.74, 6) is 0.513. The van der Waals surface area contributed by atoms with Crippen LogP contribution in [-0.4, -0.2) is 70.9 Å². The number of hydrogen-bond acceptors (Lipinski definition) is 5. The van der Waals surface area contributed by atoms with Gasteiger partial charge < -0.3 is 15.2 Å². The lowest BCUT2D eigenvalue weighted by atomic mass is 9.96.